The minimum absolute atomic E-state index is 0.0163. The third kappa shape index (κ3) is 9.28. The van der Waals surface area contributed by atoms with Gasteiger partial charge in [-0.1, -0.05) is 55.3 Å². The molecule has 5 atom stereocenters. The molecule has 47 heavy (non-hydrogen) atoms. The molecule has 2 aromatic rings. The van der Waals surface area contributed by atoms with E-state index < -0.39 is 54.0 Å². The molecule has 252 valence electrons. The number of nitrogens with two attached hydrogens (primary N) is 1. The van der Waals surface area contributed by atoms with Gasteiger partial charge in [-0.15, -0.1) is 0 Å². The lowest BCUT2D eigenvalue weighted by atomic mass is 9.98. The zero-order chi connectivity index (χ0) is 34.1. The highest BCUT2D eigenvalue weighted by atomic mass is 16.5. The Morgan fingerprint density at radius 2 is 1.55 bits per heavy atom. The summed E-state index contributed by atoms with van der Waals surface area (Å²) in [6.45, 7) is 1.91. The van der Waals surface area contributed by atoms with Crippen molar-refractivity contribution in [3.63, 3.8) is 0 Å². The maximum Gasteiger partial charge on any atom is 0.356 e. The SMILES string of the molecule is C[C@H](NC(=O)[C@@H]1CCC2CCCC[C@H](NC(=O)[C@@H](N)Cc3ccc(OC(C(=O)O)C(=O)O)cc3)C(=O)N21)C(=O)NCc1ccccc1. The van der Waals surface area contributed by atoms with E-state index in [2.05, 4.69) is 16.0 Å². The van der Waals surface area contributed by atoms with E-state index in [9.17, 15) is 28.8 Å². The van der Waals surface area contributed by atoms with Gasteiger partial charge in [0.15, 0.2) is 0 Å². The maximum absolute atomic E-state index is 13.8. The van der Waals surface area contributed by atoms with Crippen molar-refractivity contribution in [3.05, 3.63) is 65.7 Å². The number of nitrogens with zero attached hydrogens (tertiary/aromatic N) is 1. The number of hydrogen-bond donors (Lipinski definition) is 6. The van der Waals surface area contributed by atoms with Crippen LogP contribution in [-0.2, 0) is 41.7 Å². The van der Waals surface area contributed by atoms with Gasteiger partial charge in [0.05, 0.1) is 6.04 Å². The number of carboxylic acids is 2. The van der Waals surface area contributed by atoms with Crippen LogP contribution in [0, 0.1) is 0 Å². The molecule has 2 heterocycles. The lowest BCUT2D eigenvalue weighted by molar-refractivity contribution is -0.159. The Kier molecular flexibility index (Phi) is 11.9. The number of amides is 4. The number of nitrogens with one attached hydrogen (secondary N) is 3. The number of benzene rings is 2. The number of carboxylic acid groups (broad SMARTS) is 2. The number of carbonyl (C=O) groups excluding carboxylic acids is 4. The van der Waals surface area contributed by atoms with Crippen molar-refractivity contribution in [2.75, 3.05) is 0 Å². The van der Waals surface area contributed by atoms with Gasteiger partial charge < -0.3 is 41.5 Å². The average molecular weight is 652 g/mol. The van der Waals surface area contributed by atoms with Crippen molar-refractivity contribution in [2.24, 2.45) is 5.73 Å². The van der Waals surface area contributed by atoms with Crippen LogP contribution < -0.4 is 26.4 Å². The average Bonchev–Trinajstić information content (AvgIpc) is 3.47. The molecule has 14 heteroatoms. The first kappa shape index (κ1) is 34.9. The molecule has 2 aliphatic rings. The predicted octanol–water partition coefficient (Wildman–Crippen LogP) is 0.713. The molecule has 2 saturated heterocycles. The first-order valence-corrected chi connectivity index (χ1v) is 15.7. The maximum atomic E-state index is 13.8. The molecule has 0 radical (unpaired) electrons. The number of carbonyl (C=O) groups is 6. The molecule has 2 fully saturated rings. The Bertz CT molecular complexity index is 1440. The quantitative estimate of drug-likeness (QED) is 0.167. The van der Waals surface area contributed by atoms with Crippen LogP contribution >= 0.6 is 0 Å². The lowest BCUT2D eigenvalue weighted by Gasteiger charge is -2.35. The summed E-state index contributed by atoms with van der Waals surface area (Å²) in [5, 5.41) is 26.3. The van der Waals surface area contributed by atoms with Crippen LogP contribution in [0.4, 0.5) is 0 Å². The highest BCUT2D eigenvalue weighted by Crippen LogP contribution is 2.31. The molecule has 14 nitrogen and oxygen atoms in total. The number of rotatable bonds is 13. The van der Waals surface area contributed by atoms with E-state index in [1.807, 2.05) is 30.3 Å². The topological polar surface area (TPSA) is 217 Å². The van der Waals surface area contributed by atoms with Gasteiger partial charge >= 0.3 is 11.9 Å². The Morgan fingerprint density at radius 3 is 2.21 bits per heavy atom. The van der Waals surface area contributed by atoms with Crippen molar-refractivity contribution < 1.29 is 43.7 Å². The van der Waals surface area contributed by atoms with Crippen molar-refractivity contribution in [3.8, 4) is 5.75 Å². The number of fused-ring (bicyclic) bond motifs is 1. The third-order valence-electron chi connectivity index (χ3n) is 8.43. The van der Waals surface area contributed by atoms with Gasteiger partial charge in [0.25, 0.3) is 6.10 Å². The molecule has 7 N–H and O–H groups in total. The molecular formula is C33H41N5O9. The summed E-state index contributed by atoms with van der Waals surface area (Å²) in [5.74, 6) is -4.95. The van der Waals surface area contributed by atoms with Gasteiger partial charge in [0.1, 0.15) is 23.9 Å². The van der Waals surface area contributed by atoms with E-state index in [0.717, 1.165) is 18.4 Å². The summed E-state index contributed by atoms with van der Waals surface area (Å²) in [5.41, 5.74) is 7.71. The minimum atomic E-state index is -2.07. The molecule has 1 unspecified atom stereocenters. The molecule has 2 aliphatic heterocycles. The Balaban J connectivity index is 1.34. The summed E-state index contributed by atoms with van der Waals surface area (Å²) < 4.78 is 5.00. The van der Waals surface area contributed by atoms with Gasteiger partial charge in [-0.2, -0.15) is 0 Å². The van der Waals surface area contributed by atoms with E-state index in [0.29, 0.717) is 37.8 Å². The number of aliphatic carboxylic acids is 2. The van der Waals surface area contributed by atoms with E-state index in [4.69, 9.17) is 20.7 Å². The van der Waals surface area contributed by atoms with Gasteiger partial charge in [0, 0.05) is 12.6 Å². The van der Waals surface area contributed by atoms with Crippen LogP contribution in [0.2, 0.25) is 0 Å². The van der Waals surface area contributed by atoms with Gasteiger partial charge in [-0.3, -0.25) is 19.2 Å². The fourth-order valence-corrected chi connectivity index (χ4v) is 5.91. The molecule has 0 spiro atoms. The van der Waals surface area contributed by atoms with E-state index in [1.54, 1.807) is 11.8 Å². The van der Waals surface area contributed by atoms with Crippen molar-refractivity contribution in [1.29, 1.82) is 0 Å². The van der Waals surface area contributed by atoms with Crippen molar-refractivity contribution in [2.45, 2.75) is 94.7 Å². The standard InChI is InChI=1S/C33H41N5O9/c1-19(28(39)35-18-21-7-3-2-4-8-21)36-30(41)26-16-13-22-9-5-6-10-25(31(42)38(22)26)37-29(40)24(34)17-20-11-14-23(15-12-20)47-27(32(43)44)33(45)46/h2-4,7-8,11-12,14-15,19,22,24-27H,5-6,9-10,13,16-18,34H2,1H3,(H,35,39)(H,36,41)(H,37,40)(H,43,44)(H,45,46)/t19-,22?,24-,25-,26-/m0/s1. The Hall–Kier alpha value is -4.98. The van der Waals surface area contributed by atoms with Crippen molar-refractivity contribution in [1.82, 2.24) is 20.9 Å². The second kappa shape index (κ2) is 16.0. The fraction of sp³-hybridized carbons (Fsp3) is 0.455. The molecule has 0 bridgehead atoms. The van der Waals surface area contributed by atoms with Crippen LogP contribution in [0.1, 0.15) is 56.6 Å². The highest BCUT2D eigenvalue weighted by molar-refractivity contribution is 5.96. The Labute approximate surface area is 272 Å². The second-order valence-electron chi connectivity index (χ2n) is 11.9. The summed E-state index contributed by atoms with van der Waals surface area (Å²) in [4.78, 5) is 76.7. The number of ether oxygens (including phenoxy) is 1. The highest BCUT2D eigenvalue weighted by Gasteiger charge is 2.44. The predicted molar refractivity (Wildman–Crippen MR) is 168 cm³/mol. The molecule has 0 saturated carbocycles. The molecule has 0 aromatic heterocycles. The minimum Gasteiger partial charge on any atom is -0.478 e. The van der Waals surface area contributed by atoms with Crippen LogP contribution in [0.15, 0.2) is 54.6 Å². The van der Waals surface area contributed by atoms with Gasteiger partial charge in [-0.05, 0) is 62.3 Å². The first-order valence-electron chi connectivity index (χ1n) is 15.7. The summed E-state index contributed by atoms with van der Waals surface area (Å²) >= 11 is 0. The van der Waals surface area contributed by atoms with Crippen LogP contribution in [-0.4, -0.2) is 87.0 Å². The number of hydrogen-bond acceptors (Lipinski definition) is 8. The van der Waals surface area contributed by atoms with Crippen LogP contribution in [0.3, 0.4) is 0 Å². The summed E-state index contributed by atoms with van der Waals surface area (Å²) in [6, 6.07) is 11.6. The van der Waals surface area contributed by atoms with Crippen molar-refractivity contribution >= 4 is 35.6 Å². The van der Waals surface area contributed by atoms with Gasteiger partial charge in [-0.25, -0.2) is 9.59 Å². The van der Waals surface area contributed by atoms with Crippen LogP contribution in [0.25, 0.3) is 0 Å². The molecule has 4 amide bonds. The zero-order valence-electron chi connectivity index (χ0n) is 26.1. The molecular weight excluding hydrogens is 610 g/mol. The first-order chi connectivity index (χ1) is 22.4. The fourth-order valence-electron chi connectivity index (χ4n) is 5.91. The smallest absolute Gasteiger partial charge is 0.356 e. The second-order valence-corrected chi connectivity index (χ2v) is 11.9. The monoisotopic (exact) mass is 651 g/mol. The lowest BCUT2D eigenvalue weighted by Crippen LogP contribution is -2.59. The van der Waals surface area contributed by atoms with E-state index >= 15 is 0 Å². The third-order valence-corrected chi connectivity index (χ3v) is 8.43. The molecule has 0 aliphatic carbocycles. The zero-order valence-corrected chi connectivity index (χ0v) is 26.1. The van der Waals surface area contributed by atoms with E-state index in [-0.39, 0.29) is 30.0 Å². The summed E-state index contributed by atoms with van der Waals surface area (Å²) in [7, 11) is 0. The van der Waals surface area contributed by atoms with Crippen LogP contribution in [0.5, 0.6) is 5.75 Å². The molecule has 2 aromatic carbocycles. The Morgan fingerprint density at radius 1 is 0.894 bits per heavy atom. The largest absolute Gasteiger partial charge is 0.478 e. The summed E-state index contributed by atoms with van der Waals surface area (Å²) in [6.07, 6.45) is 1.74. The van der Waals surface area contributed by atoms with Gasteiger partial charge in [0.2, 0.25) is 23.6 Å². The van der Waals surface area contributed by atoms with E-state index in [1.165, 1.54) is 24.3 Å². The normalized spacial score (nSPS) is 20.6. The molecule has 4 rings (SSSR count).